The SMILES string of the molecule is COc1ccc(S(=O)(=O)N(CC(C)C)C[C@@H](O)[C@H](CC(C)c2ccc(CP(=O)(O)O)cc2)NC(=O)O[C@H]2CO[C@H]3OCC[C@H]32)cc1. The van der Waals surface area contributed by atoms with Crippen LogP contribution < -0.4 is 10.1 Å². The highest BCUT2D eigenvalue weighted by Crippen LogP contribution is 2.39. The Kier molecular flexibility index (Phi) is 12.3. The van der Waals surface area contributed by atoms with Crippen LogP contribution in [0.5, 0.6) is 5.75 Å². The second kappa shape index (κ2) is 15.6. The summed E-state index contributed by atoms with van der Waals surface area (Å²) >= 11 is 0. The van der Waals surface area contributed by atoms with Crippen LogP contribution >= 0.6 is 7.60 Å². The average molecular weight is 685 g/mol. The van der Waals surface area contributed by atoms with Crippen LogP contribution in [-0.4, -0.2) is 91.7 Å². The number of ether oxygens (including phenoxy) is 4. The van der Waals surface area contributed by atoms with Gasteiger partial charge in [-0.2, -0.15) is 4.31 Å². The first-order chi connectivity index (χ1) is 21.7. The molecule has 46 heavy (non-hydrogen) atoms. The lowest BCUT2D eigenvalue weighted by molar-refractivity contribution is -0.0907. The highest BCUT2D eigenvalue weighted by Gasteiger charge is 2.44. The van der Waals surface area contributed by atoms with Crippen molar-refractivity contribution in [1.82, 2.24) is 9.62 Å². The fourth-order valence-corrected chi connectivity index (χ4v) is 8.11. The van der Waals surface area contributed by atoms with Gasteiger partial charge in [-0.3, -0.25) is 4.57 Å². The van der Waals surface area contributed by atoms with Gasteiger partial charge >= 0.3 is 13.7 Å². The van der Waals surface area contributed by atoms with Gasteiger partial charge in [-0.1, -0.05) is 45.0 Å². The maximum Gasteiger partial charge on any atom is 0.407 e. The molecule has 256 valence electrons. The van der Waals surface area contributed by atoms with Crippen LogP contribution in [0.3, 0.4) is 0 Å². The normalized spacial score (nSPS) is 22.0. The lowest BCUT2D eigenvalue weighted by Gasteiger charge is -2.32. The summed E-state index contributed by atoms with van der Waals surface area (Å²) in [6.07, 6.45) is -2.50. The van der Waals surface area contributed by atoms with Gasteiger partial charge in [-0.05, 0) is 60.1 Å². The van der Waals surface area contributed by atoms with Crippen molar-refractivity contribution in [2.45, 2.75) is 75.1 Å². The Bertz CT molecular complexity index is 1450. The molecule has 0 aromatic heterocycles. The number of amides is 1. The summed E-state index contributed by atoms with van der Waals surface area (Å²) in [6.45, 7) is 6.16. The van der Waals surface area contributed by atoms with Crippen LogP contribution in [0, 0.1) is 11.8 Å². The van der Waals surface area contributed by atoms with Gasteiger partial charge in [0, 0.05) is 13.1 Å². The van der Waals surface area contributed by atoms with Crippen LogP contribution in [0.1, 0.15) is 50.7 Å². The number of aliphatic hydroxyl groups excluding tert-OH is 1. The predicted molar refractivity (Wildman–Crippen MR) is 169 cm³/mol. The van der Waals surface area contributed by atoms with E-state index >= 15 is 0 Å². The minimum Gasteiger partial charge on any atom is -0.497 e. The molecule has 4 rings (SSSR count). The van der Waals surface area contributed by atoms with Gasteiger partial charge in [0.15, 0.2) is 6.29 Å². The minimum absolute atomic E-state index is 0.0448. The zero-order valence-corrected chi connectivity index (χ0v) is 28.2. The molecular weight excluding hydrogens is 639 g/mol. The van der Waals surface area contributed by atoms with Gasteiger partial charge in [-0.25, -0.2) is 13.2 Å². The topological polar surface area (TPSA) is 181 Å². The lowest BCUT2D eigenvalue weighted by atomic mass is 9.91. The summed E-state index contributed by atoms with van der Waals surface area (Å²) in [5.74, 6) is 0.106. The molecule has 2 aliphatic heterocycles. The third kappa shape index (κ3) is 9.74. The van der Waals surface area contributed by atoms with Crippen LogP contribution in [0.25, 0.3) is 0 Å². The van der Waals surface area contributed by atoms with Gasteiger partial charge in [0.05, 0.1) is 49.4 Å². The van der Waals surface area contributed by atoms with Gasteiger partial charge < -0.3 is 39.2 Å². The molecule has 0 spiro atoms. The molecule has 13 nitrogen and oxygen atoms in total. The summed E-state index contributed by atoms with van der Waals surface area (Å²) in [6, 6.07) is 11.8. The summed E-state index contributed by atoms with van der Waals surface area (Å²) < 4.78 is 62.1. The molecule has 0 radical (unpaired) electrons. The van der Waals surface area contributed by atoms with Crippen molar-refractivity contribution >= 4 is 23.7 Å². The van der Waals surface area contributed by atoms with E-state index < -0.39 is 48.3 Å². The third-order valence-corrected chi connectivity index (χ3v) is 10.8. The first-order valence-corrected chi connectivity index (χ1v) is 18.6. The lowest BCUT2D eigenvalue weighted by Crippen LogP contribution is -2.51. The van der Waals surface area contributed by atoms with Crippen LogP contribution in [0.15, 0.2) is 53.4 Å². The number of fused-ring (bicyclic) bond motifs is 1. The zero-order valence-electron chi connectivity index (χ0n) is 26.5. The van der Waals surface area contributed by atoms with Crippen LogP contribution in [0.4, 0.5) is 4.79 Å². The first-order valence-electron chi connectivity index (χ1n) is 15.3. The predicted octanol–water partition coefficient (Wildman–Crippen LogP) is 3.43. The Hall–Kier alpha value is -2.55. The molecule has 0 saturated carbocycles. The van der Waals surface area contributed by atoms with Crippen molar-refractivity contribution in [2.75, 3.05) is 33.4 Å². The minimum atomic E-state index is -4.23. The van der Waals surface area contributed by atoms with E-state index in [-0.39, 0.29) is 54.9 Å². The first kappa shape index (κ1) is 36.3. The molecule has 1 unspecified atom stereocenters. The van der Waals surface area contributed by atoms with E-state index in [4.69, 9.17) is 18.9 Å². The number of alkyl carbamates (subject to hydrolysis) is 1. The maximum atomic E-state index is 13.7. The van der Waals surface area contributed by atoms with Crippen LogP contribution in [-0.2, 0) is 35.0 Å². The monoisotopic (exact) mass is 684 g/mol. The molecule has 2 aliphatic rings. The van der Waals surface area contributed by atoms with E-state index in [0.29, 0.717) is 24.3 Å². The van der Waals surface area contributed by atoms with Crippen molar-refractivity contribution in [3.8, 4) is 5.75 Å². The molecular formula is C31H45N2O11PS. The summed E-state index contributed by atoms with van der Waals surface area (Å²) in [5.41, 5.74) is 1.28. The van der Waals surface area contributed by atoms with E-state index in [9.17, 15) is 32.7 Å². The summed E-state index contributed by atoms with van der Waals surface area (Å²) in [5, 5.41) is 14.4. The third-order valence-electron chi connectivity index (χ3n) is 8.21. The van der Waals surface area contributed by atoms with E-state index in [0.717, 1.165) is 5.56 Å². The van der Waals surface area contributed by atoms with Gasteiger partial charge in [0.2, 0.25) is 10.0 Å². The fourth-order valence-electron chi connectivity index (χ4n) is 5.80. The number of nitrogens with one attached hydrogen (secondary N) is 1. The number of aliphatic hydroxyl groups is 1. The molecule has 2 fully saturated rings. The van der Waals surface area contributed by atoms with E-state index in [1.807, 2.05) is 20.8 Å². The van der Waals surface area contributed by atoms with E-state index in [1.165, 1.54) is 23.5 Å². The van der Waals surface area contributed by atoms with Crippen LogP contribution in [0.2, 0.25) is 0 Å². The number of carbonyl (C=O) groups excluding carboxylic acids is 1. The molecule has 6 atom stereocenters. The number of carbonyl (C=O) groups is 1. The number of sulfonamides is 1. The van der Waals surface area contributed by atoms with E-state index in [2.05, 4.69) is 5.32 Å². The van der Waals surface area contributed by atoms with Gasteiger partial charge in [0.25, 0.3) is 0 Å². The number of methoxy groups -OCH3 is 1. The van der Waals surface area contributed by atoms with Crippen molar-refractivity contribution in [2.24, 2.45) is 11.8 Å². The number of nitrogens with zero attached hydrogens (tertiary/aromatic N) is 1. The molecule has 2 saturated heterocycles. The summed E-state index contributed by atoms with van der Waals surface area (Å²) in [4.78, 5) is 31.8. The molecule has 2 aromatic rings. The molecule has 4 N–H and O–H groups in total. The Morgan fingerprint density at radius 2 is 1.74 bits per heavy atom. The molecule has 2 aromatic carbocycles. The summed E-state index contributed by atoms with van der Waals surface area (Å²) in [7, 11) is -6.77. The van der Waals surface area contributed by atoms with Crippen molar-refractivity contribution in [3.05, 3.63) is 59.7 Å². The van der Waals surface area contributed by atoms with Gasteiger partial charge in [0.1, 0.15) is 11.9 Å². The van der Waals surface area contributed by atoms with Gasteiger partial charge in [-0.15, -0.1) is 0 Å². The maximum absolute atomic E-state index is 13.7. The Labute approximate surface area is 270 Å². The standard InChI is InChI=1S/C31H45N2O11PS/c1-20(2)16-33(46(39,40)25-11-9-24(41-4)10-12-25)17-28(34)27(32-31(35)44-29-18-43-30-26(29)13-14-42-30)15-21(3)23-7-5-22(6-8-23)19-45(36,37)38/h5-12,20-21,26-30,34H,13-19H2,1-4H3,(H,32,35)(H2,36,37,38)/t21?,26-,27-,28+,29-,30+/m0/s1. The molecule has 1 amide bonds. The van der Waals surface area contributed by atoms with E-state index in [1.54, 1.807) is 36.4 Å². The van der Waals surface area contributed by atoms with Crippen molar-refractivity contribution < 1.29 is 51.6 Å². The second-order valence-corrected chi connectivity index (χ2v) is 16.0. The second-order valence-electron chi connectivity index (χ2n) is 12.4. The highest BCUT2D eigenvalue weighted by molar-refractivity contribution is 7.89. The average Bonchev–Trinajstić information content (AvgIpc) is 3.61. The number of hydrogen-bond acceptors (Lipinski definition) is 9. The smallest absolute Gasteiger partial charge is 0.407 e. The Balaban J connectivity index is 1.54. The molecule has 2 heterocycles. The zero-order chi connectivity index (χ0) is 33.6. The molecule has 0 bridgehead atoms. The largest absolute Gasteiger partial charge is 0.497 e. The number of rotatable bonds is 15. The quantitative estimate of drug-likeness (QED) is 0.202. The fraction of sp³-hybridized carbons (Fsp3) is 0.581. The Morgan fingerprint density at radius 3 is 2.35 bits per heavy atom. The number of benzene rings is 2. The van der Waals surface area contributed by atoms with Crippen molar-refractivity contribution in [1.29, 1.82) is 0 Å². The highest BCUT2D eigenvalue weighted by atomic mass is 32.2. The molecule has 0 aliphatic carbocycles. The Morgan fingerprint density at radius 1 is 1.07 bits per heavy atom. The van der Waals surface area contributed by atoms with Crippen molar-refractivity contribution in [3.63, 3.8) is 0 Å². The number of hydrogen-bond donors (Lipinski definition) is 4. The molecule has 15 heteroatoms.